The number of allylic oxidation sites excluding steroid dienone is 1. The standard InChI is InChI=1S/C18H30O4/c1-6-18(13(22-18)8-7-11(2)3)16-15(20-5)14(19)12(4)9-17(16)10-21-17/h7,12-16,19H,6,8-10H2,1-5H3/t12-,13-,14-,15-,16+,17+,18+/m1/s1. The van der Waals surface area contributed by atoms with Gasteiger partial charge in [0.05, 0.1) is 30.8 Å². The smallest absolute Gasteiger partial charge is 0.103 e. The lowest BCUT2D eigenvalue weighted by Gasteiger charge is -2.45. The molecule has 2 aliphatic heterocycles. The van der Waals surface area contributed by atoms with Gasteiger partial charge in [0.25, 0.3) is 0 Å². The molecule has 0 aromatic carbocycles. The number of aliphatic hydroxyl groups excluding tert-OH is 1. The van der Waals surface area contributed by atoms with E-state index in [0.29, 0.717) is 0 Å². The van der Waals surface area contributed by atoms with Crippen LogP contribution in [0.3, 0.4) is 0 Å². The molecule has 4 nitrogen and oxygen atoms in total. The summed E-state index contributed by atoms with van der Waals surface area (Å²) in [5, 5.41) is 10.6. The van der Waals surface area contributed by atoms with Crippen LogP contribution in [0.5, 0.6) is 0 Å². The number of hydrogen-bond acceptors (Lipinski definition) is 4. The minimum absolute atomic E-state index is 0.122. The normalized spacial score (nSPS) is 50.0. The molecule has 0 radical (unpaired) electrons. The van der Waals surface area contributed by atoms with Gasteiger partial charge in [-0.3, -0.25) is 0 Å². The Hall–Kier alpha value is -0.420. The molecule has 3 rings (SSSR count). The largest absolute Gasteiger partial charge is 0.390 e. The maximum absolute atomic E-state index is 10.6. The predicted octanol–water partition coefficient (Wildman–Crippen LogP) is 2.69. The summed E-state index contributed by atoms with van der Waals surface area (Å²) in [5.41, 5.74) is 0.970. The first-order valence-corrected chi connectivity index (χ1v) is 8.56. The van der Waals surface area contributed by atoms with Gasteiger partial charge in [0.2, 0.25) is 0 Å². The molecule has 22 heavy (non-hydrogen) atoms. The maximum atomic E-state index is 10.6. The topological polar surface area (TPSA) is 54.5 Å². The first-order valence-electron chi connectivity index (χ1n) is 8.56. The van der Waals surface area contributed by atoms with E-state index in [2.05, 4.69) is 33.8 Å². The lowest BCUT2D eigenvalue weighted by atomic mass is 9.64. The summed E-state index contributed by atoms with van der Waals surface area (Å²) in [5.74, 6) is 0.323. The molecule has 1 spiro atoms. The number of aliphatic hydroxyl groups is 1. The van der Waals surface area contributed by atoms with Gasteiger partial charge in [-0.05, 0) is 39.0 Å². The van der Waals surface area contributed by atoms with Crippen molar-refractivity contribution in [3.8, 4) is 0 Å². The minimum atomic E-state index is -0.443. The van der Waals surface area contributed by atoms with E-state index in [0.717, 1.165) is 25.9 Å². The fraction of sp³-hybridized carbons (Fsp3) is 0.889. The van der Waals surface area contributed by atoms with Crippen LogP contribution in [0.2, 0.25) is 0 Å². The SMILES string of the molecule is CC[C@]1([C@H]2[C@H](OC)[C@H](O)[C@H](C)C[C@]23CO3)O[C@@H]1CC=C(C)C. The van der Waals surface area contributed by atoms with Crippen molar-refractivity contribution in [3.63, 3.8) is 0 Å². The summed E-state index contributed by atoms with van der Waals surface area (Å²) in [6.07, 6.45) is 4.59. The Morgan fingerprint density at radius 3 is 2.59 bits per heavy atom. The van der Waals surface area contributed by atoms with E-state index in [1.54, 1.807) is 7.11 Å². The molecular formula is C18H30O4. The van der Waals surface area contributed by atoms with Crippen molar-refractivity contribution in [1.29, 1.82) is 0 Å². The second kappa shape index (κ2) is 5.59. The number of methoxy groups -OCH3 is 1. The lowest BCUT2D eigenvalue weighted by Crippen LogP contribution is -2.58. The van der Waals surface area contributed by atoms with E-state index in [-0.39, 0.29) is 35.2 Å². The van der Waals surface area contributed by atoms with Gasteiger partial charge >= 0.3 is 0 Å². The molecule has 0 aromatic rings. The van der Waals surface area contributed by atoms with Crippen LogP contribution < -0.4 is 0 Å². The van der Waals surface area contributed by atoms with E-state index in [1.807, 2.05) is 0 Å². The van der Waals surface area contributed by atoms with Crippen LogP contribution in [0.15, 0.2) is 11.6 Å². The Balaban J connectivity index is 1.85. The molecule has 2 heterocycles. The molecule has 2 saturated heterocycles. The fourth-order valence-electron chi connectivity index (χ4n) is 4.63. The number of hydrogen-bond donors (Lipinski definition) is 1. The van der Waals surface area contributed by atoms with Crippen molar-refractivity contribution >= 4 is 0 Å². The van der Waals surface area contributed by atoms with Crippen molar-refractivity contribution in [2.24, 2.45) is 11.8 Å². The van der Waals surface area contributed by atoms with E-state index < -0.39 is 6.10 Å². The van der Waals surface area contributed by atoms with Crippen molar-refractivity contribution in [3.05, 3.63) is 11.6 Å². The Labute approximate surface area is 133 Å². The molecule has 126 valence electrons. The van der Waals surface area contributed by atoms with Gasteiger partial charge in [-0.15, -0.1) is 0 Å². The minimum Gasteiger partial charge on any atom is -0.390 e. The van der Waals surface area contributed by atoms with E-state index in [1.165, 1.54) is 5.57 Å². The third kappa shape index (κ3) is 2.44. The highest BCUT2D eigenvalue weighted by Gasteiger charge is 2.73. The van der Waals surface area contributed by atoms with Gasteiger partial charge in [-0.25, -0.2) is 0 Å². The third-order valence-corrected chi connectivity index (χ3v) is 5.94. The zero-order valence-electron chi connectivity index (χ0n) is 14.5. The monoisotopic (exact) mass is 310 g/mol. The quantitative estimate of drug-likeness (QED) is 0.626. The van der Waals surface area contributed by atoms with Crippen LogP contribution in [0.25, 0.3) is 0 Å². The molecule has 0 amide bonds. The number of ether oxygens (including phenoxy) is 3. The zero-order valence-corrected chi connectivity index (χ0v) is 14.5. The van der Waals surface area contributed by atoms with Crippen LogP contribution in [-0.4, -0.2) is 48.3 Å². The van der Waals surface area contributed by atoms with Gasteiger partial charge in [-0.2, -0.15) is 0 Å². The lowest BCUT2D eigenvalue weighted by molar-refractivity contribution is -0.139. The van der Waals surface area contributed by atoms with Gasteiger partial charge < -0.3 is 19.3 Å². The summed E-state index contributed by atoms with van der Waals surface area (Å²) < 4.78 is 17.9. The molecule has 1 aliphatic carbocycles. The van der Waals surface area contributed by atoms with Crippen molar-refractivity contribution < 1.29 is 19.3 Å². The molecule has 3 fully saturated rings. The highest BCUT2D eigenvalue weighted by atomic mass is 16.6. The number of rotatable bonds is 5. The van der Waals surface area contributed by atoms with Crippen LogP contribution in [0, 0.1) is 11.8 Å². The van der Waals surface area contributed by atoms with Gasteiger partial charge in [0.1, 0.15) is 11.2 Å². The molecule has 4 heteroatoms. The average Bonchev–Trinajstić information content (AvgIpc) is 3.38. The second-order valence-corrected chi connectivity index (χ2v) is 7.64. The highest BCUT2D eigenvalue weighted by Crippen LogP contribution is 2.61. The predicted molar refractivity (Wildman–Crippen MR) is 84.7 cm³/mol. The van der Waals surface area contributed by atoms with Crippen molar-refractivity contribution in [1.82, 2.24) is 0 Å². The summed E-state index contributed by atoms with van der Waals surface area (Å²) in [7, 11) is 1.70. The Morgan fingerprint density at radius 1 is 1.41 bits per heavy atom. The Kier molecular flexibility index (Phi) is 4.17. The molecule has 3 aliphatic rings. The summed E-state index contributed by atoms with van der Waals surface area (Å²) in [4.78, 5) is 0. The van der Waals surface area contributed by atoms with Crippen molar-refractivity contribution in [2.75, 3.05) is 13.7 Å². The van der Waals surface area contributed by atoms with E-state index >= 15 is 0 Å². The first kappa shape index (κ1) is 16.4. The summed E-state index contributed by atoms with van der Waals surface area (Å²) in [6, 6.07) is 0. The van der Waals surface area contributed by atoms with E-state index in [9.17, 15) is 5.11 Å². The molecule has 1 saturated carbocycles. The third-order valence-electron chi connectivity index (χ3n) is 5.94. The zero-order chi connectivity index (χ0) is 16.1. The fourth-order valence-corrected chi connectivity index (χ4v) is 4.63. The molecular weight excluding hydrogens is 280 g/mol. The van der Waals surface area contributed by atoms with Gasteiger partial charge in [0, 0.05) is 7.11 Å². The molecule has 0 unspecified atom stereocenters. The highest BCUT2D eigenvalue weighted by molar-refractivity contribution is 5.22. The maximum Gasteiger partial charge on any atom is 0.103 e. The molecule has 0 bridgehead atoms. The summed E-state index contributed by atoms with van der Waals surface area (Å²) >= 11 is 0. The first-order chi connectivity index (χ1) is 10.4. The Bertz CT molecular complexity index is 452. The molecule has 0 aromatic heterocycles. The van der Waals surface area contributed by atoms with E-state index in [4.69, 9.17) is 14.2 Å². The number of epoxide rings is 2. The Morgan fingerprint density at radius 2 is 2.09 bits per heavy atom. The summed E-state index contributed by atoms with van der Waals surface area (Å²) in [6.45, 7) is 9.27. The second-order valence-electron chi connectivity index (χ2n) is 7.64. The van der Waals surface area contributed by atoms with Gasteiger partial charge in [-0.1, -0.05) is 25.5 Å². The van der Waals surface area contributed by atoms with Gasteiger partial charge in [0.15, 0.2) is 0 Å². The average molecular weight is 310 g/mol. The van der Waals surface area contributed by atoms with Crippen molar-refractivity contribution in [2.45, 2.75) is 76.5 Å². The van der Waals surface area contributed by atoms with Crippen LogP contribution in [-0.2, 0) is 14.2 Å². The van der Waals surface area contributed by atoms with Crippen LogP contribution in [0.1, 0.15) is 47.0 Å². The molecule has 7 atom stereocenters. The van der Waals surface area contributed by atoms with Crippen LogP contribution >= 0.6 is 0 Å². The molecule has 1 N–H and O–H groups in total. The van der Waals surface area contributed by atoms with Crippen LogP contribution in [0.4, 0.5) is 0 Å².